The summed E-state index contributed by atoms with van der Waals surface area (Å²) < 4.78 is 13.5. The van der Waals surface area contributed by atoms with Crippen LogP contribution < -0.4 is 5.32 Å². The second-order valence-electron chi connectivity index (χ2n) is 7.87. The molecule has 1 aliphatic heterocycles. The maximum Gasteiger partial charge on any atom is 0.322 e. The summed E-state index contributed by atoms with van der Waals surface area (Å²) in [5.74, 6) is -0.497. The summed E-state index contributed by atoms with van der Waals surface area (Å²) in [5.41, 5.74) is 4.60. The number of nitrogens with one attached hydrogen (secondary N) is 1. The third-order valence-corrected chi connectivity index (χ3v) is 7.70. The van der Waals surface area contributed by atoms with Gasteiger partial charge >= 0.3 is 6.03 Å². The van der Waals surface area contributed by atoms with Crippen molar-refractivity contribution >= 4 is 34.7 Å². The topological polar surface area (TPSA) is 32.3 Å². The summed E-state index contributed by atoms with van der Waals surface area (Å²) in [6.45, 7) is 0.649. The number of carbonyl (C=O) groups is 1. The summed E-state index contributed by atoms with van der Waals surface area (Å²) in [5, 5.41) is 2.91. The lowest BCUT2D eigenvalue weighted by Gasteiger charge is -2.36. The zero-order chi connectivity index (χ0) is 20.7. The molecule has 2 aliphatic rings. The van der Waals surface area contributed by atoms with Crippen LogP contribution in [0.1, 0.15) is 45.3 Å². The van der Waals surface area contributed by atoms with E-state index in [1.54, 1.807) is 0 Å². The third-order valence-electron chi connectivity index (χ3n) is 6.02. The van der Waals surface area contributed by atoms with Gasteiger partial charge in [-0.3, -0.25) is 0 Å². The van der Waals surface area contributed by atoms with Gasteiger partial charge in [0.05, 0.1) is 11.1 Å². The van der Waals surface area contributed by atoms with E-state index in [0.29, 0.717) is 12.2 Å². The highest BCUT2D eigenvalue weighted by Gasteiger charge is 2.36. The molecule has 6 heteroatoms. The highest BCUT2D eigenvalue weighted by Crippen LogP contribution is 2.45. The molecule has 1 unspecified atom stereocenters. The Labute approximate surface area is 184 Å². The van der Waals surface area contributed by atoms with E-state index in [4.69, 9.17) is 11.6 Å². The molecular weight excluding hydrogens is 419 g/mol. The molecular formula is C24H22ClFN2OS. The maximum atomic E-state index is 13.5. The monoisotopic (exact) mass is 440 g/mol. The van der Waals surface area contributed by atoms with Gasteiger partial charge in [0.25, 0.3) is 0 Å². The number of halogens is 2. The van der Waals surface area contributed by atoms with E-state index >= 15 is 0 Å². The average Bonchev–Trinajstić information content (AvgIpc) is 3.15. The van der Waals surface area contributed by atoms with Crippen LogP contribution in [0, 0.1) is 5.82 Å². The molecule has 0 bridgehead atoms. The maximum absolute atomic E-state index is 13.5. The molecule has 1 aromatic heterocycles. The van der Waals surface area contributed by atoms with Gasteiger partial charge in [-0.1, -0.05) is 41.9 Å². The van der Waals surface area contributed by atoms with Crippen LogP contribution in [0.25, 0.3) is 0 Å². The number of carbonyl (C=O) groups excluding carboxylic acids is 1. The van der Waals surface area contributed by atoms with Crippen molar-refractivity contribution in [2.75, 3.05) is 11.9 Å². The number of benzene rings is 2. The molecule has 1 atom stereocenters. The lowest BCUT2D eigenvalue weighted by molar-refractivity contribution is 0.195. The SMILES string of the molecule is O=C(Nc1ccc(F)c(Cl)c1)N1CCc2c(sc3c2CCCC3)C1c1ccccc1. The Kier molecular flexibility index (Phi) is 5.25. The van der Waals surface area contributed by atoms with Gasteiger partial charge < -0.3 is 10.2 Å². The molecule has 1 N–H and O–H groups in total. The quantitative estimate of drug-likeness (QED) is 0.478. The summed E-state index contributed by atoms with van der Waals surface area (Å²) >= 11 is 7.77. The number of nitrogens with zero attached hydrogens (tertiary/aromatic N) is 1. The predicted molar refractivity (Wildman–Crippen MR) is 120 cm³/mol. The van der Waals surface area contributed by atoms with E-state index in [1.807, 2.05) is 34.4 Å². The summed E-state index contributed by atoms with van der Waals surface area (Å²) in [7, 11) is 0. The zero-order valence-corrected chi connectivity index (χ0v) is 18.0. The molecule has 0 spiro atoms. The fraction of sp³-hybridized carbons (Fsp3) is 0.292. The first-order chi connectivity index (χ1) is 14.6. The Hall–Kier alpha value is -2.37. The predicted octanol–water partition coefficient (Wildman–Crippen LogP) is 6.60. The summed E-state index contributed by atoms with van der Waals surface area (Å²) in [6.07, 6.45) is 5.68. The molecule has 0 saturated heterocycles. The van der Waals surface area contributed by atoms with E-state index in [2.05, 4.69) is 17.4 Å². The number of amides is 2. The van der Waals surface area contributed by atoms with Crippen LogP contribution in [-0.4, -0.2) is 17.5 Å². The van der Waals surface area contributed by atoms with Crippen molar-refractivity contribution in [3.8, 4) is 0 Å². The standard InChI is InChI=1S/C24H22ClFN2OS/c25-19-14-16(10-11-20(19)26)27-24(29)28-13-12-18-17-8-4-5-9-21(17)30-23(18)22(28)15-6-2-1-3-7-15/h1-3,6-7,10-11,14,22H,4-5,8-9,12-13H2,(H,27,29). The van der Waals surface area contributed by atoms with E-state index < -0.39 is 5.82 Å². The highest BCUT2D eigenvalue weighted by atomic mass is 35.5. The third kappa shape index (κ3) is 3.50. The second kappa shape index (κ2) is 8.05. The number of hydrogen-bond acceptors (Lipinski definition) is 2. The smallest absolute Gasteiger partial charge is 0.312 e. The second-order valence-corrected chi connectivity index (χ2v) is 9.41. The lowest BCUT2D eigenvalue weighted by atomic mass is 9.88. The zero-order valence-electron chi connectivity index (χ0n) is 16.5. The van der Waals surface area contributed by atoms with Gasteiger partial charge in [0, 0.05) is 22.0 Å². The number of fused-ring (bicyclic) bond motifs is 3. The number of rotatable bonds is 2. The fourth-order valence-corrected chi connectivity index (χ4v) is 6.37. The Morgan fingerprint density at radius 1 is 1.07 bits per heavy atom. The molecule has 3 aromatic rings. The van der Waals surface area contributed by atoms with Gasteiger partial charge in [0.2, 0.25) is 0 Å². The van der Waals surface area contributed by atoms with Crippen molar-refractivity contribution in [3.63, 3.8) is 0 Å². The number of anilines is 1. The molecule has 0 saturated carbocycles. The van der Waals surface area contributed by atoms with Gasteiger partial charge in [-0.2, -0.15) is 0 Å². The van der Waals surface area contributed by atoms with Crippen LogP contribution >= 0.6 is 22.9 Å². The number of urea groups is 1. The first-order valence-electron chi connectivity index (χ1n) is 10.3. The van der Waals surface area contributed by atoms with Crippen LogP contribution in [0.2, 0.25) is 5.02 Å². The molecule has 2 aromatic carbocycles. The van der Waals surface area contributed by atoms with Crippen LogP contribution in [0.5, 0.6) is 0 Å². The molecule has 1 aliphatic carbocycles. The van der Waals surface area contributed by atoms with Crippen LogP contribution in [0.15, 0.2) is 48.5 Å². The molecule has 5 rings (SSSR count). The van der Waals surface area contributed by atoms with Crippen LogP contribution in [0.4, 0.5) is 14.9 Å². The van der Waals surface area contributed by atoms with Gasteiger partial charge in [-0.05, 0) is 67.0 Å². The Morgan fingerprint density at radius 2 is 1.87 bits per heavy atom. The first kappa shape index (κ1) is 19.6. The van der Waals surface area contributed by atoms with Crippen LogP contribution in [0.3, 0.4) is 0 Å². The normalized spacial score (nSPS) is 17.9. The van der Waals surface area contributed by atoms with Crippen molar-refractivity contribution < 1.29 is 9.18 Å². The molecule has 30 heavy (non-hydrogen) atoms. The first-order valence-corrected chi connectivity index (χ1v) is 11.5. The number of aryl methyl sites for hydroxylation is 1. The minimum atomic E-state index is -0.497. The Morgan fingerprint density at radius 3 is 2.67 bits per heavy atom. The van der Waals surface area contributed by atoms with Gasteiger partial charge in [0.15, 0.2) is 0 Å². The van der Waals surface area contributed by atoms with Gasteiger partial charge in [0.1, 0.15) is 5.82 Å². The number of hydrogen-bond donors (Lipinski definition) is 1. The summed E-state index contributed by atoms with van der Waals surface area (Å²) in [6, 6.07) is 14.2. The van der Waals surface area contributed by atoms with E-state index in [0.717, 1.165) is 24.8 Å². The summed E-state index contributed by atoms with van der Waals surface area (Å²) in [4.78, 5) is 18.0. The molecule has 0 fully saturated rings. The van der Waals surface area contributed by atoms with Gasteiger partial charge in [-0.15, -0.1) is 11.3 Å². The Bertz CT molecular complexity index is 1100. The van der Waals surface area contributed by atoms with Crippen molar-refractivity contribution in [1.82, 2.24) is 4.90 Å². The largest absolute Gasteiger partial charge is 0.322 e. The van der Waals surface area contributed by atoms with Crippen molar-refractivity contribution in [2.45, 2.75) is 38.1 Å². The average molecular weight is 441 g/mol. The van der Waals surface area contributed by atoms with E-state index in [9.17, 15) is 9.18 Å². The van der Waals surface area contributed by atoms with E-state index in [-0.39, 0.29) is 17.1 Å². The molecule has 2 amide bonds. The van der Waals surface area contributed by atoms with Gasteiger partial charge in [-0.25, -0.2) is 9.18 Å². The highest BCUT2D eigenvalue weighted by molar-refractivity contribution is 7.12. The fourth-order valence-electron chi connectivity index (χ4n) is 4.60. The van der Waals surface area contributed by atoms with Crippen molar-refractivity contribution in [3.05, 3.63) is 85.8 Å². The molecule has 154 valence electrons. The molecule has 0 radical (unpaired) electrons. The van der Waals surface area contributed by atoms with E-state index in [1.165, 1.54) is 51.9 Å². The molecule has 3 nitrogen and oxygen atoms in total. The minimum absolute atomic E-state index is 0.000674. The molecule has 2 heterocycles. The Balaban J connectivity index is 1.52. The van der Waals surface area contributed by atoms with Crippen molar-refractivity contribution in [1.29, 1.82) is 0 Å². The van der Waals surface area contributed by atoms with Crippen molar-refractivity contribution in [2.24, 2.45) is 0 Å². The van der Waals surface area contributed by atoms with Crippen LogP contribution in [-0.2, 0) is 19.3 Å². The minimum Gasteiger partial charge on any atom is -0.312 e. The number of thiophene rings is 1. The lowest BCUT2D eigenvalue weighted by Crippen LogP contribution is -2.42.